The van der Waals surface area contributed by atoms with Crippen molar-refractivity contribution in [3.05, 3.63) is 35.4 Å². The van der Waals surface area contributed by atoms with E-state index in [1.165, 1.54) is 56.1 Å². The van der Waals surface area contributed by atoms with Crippen LogP contribution < -0.4 is 0 Å². The molecule has 0 aliphatic heterocycles. The second-order valence-corrected chi connectivity index (χ2v) is 7.42. The lowest BCUT2D eigenvalue weighted by Gasteiger charge is -2.22. The largest absolute Gasteiger partial charge is 0.462 e. The van der Waals surface area contributed by atoms with Crippen LogP contribution in [0.3, 0.4) is 0 Å². The molecule has 1 aromatic rings. The number of aryl methyl sites for hydroxylation is 1. The van der Waals surface area contributed by atoms with Crippen LogP contribution in [0.5, 0.6) is 0 Å². The zero-order valence-corrected chi connectivity index (χ0v) is 16.9. The van der Waals surface area contributed by atoms with E-state index < -0.39 is 0 Å². The Morgan fingerprint density at radius 2 is 1.48 bits per heavy atom. The minimum atomic E-state index is -0.0767. The van der Waals surface area contributed by atoms with Gasteiger partial charge in [-0.1, -0.05) is 89.5 Å². The van der Waals surface area contributed by atoms with Gasteiger partial charge in [0.25, 0.3) is 0 Å². The molecule has 142 valence electrons. The first-order valence-corrected chi connectivity index (χ1v) is 10.3. The summed E-state index contributed by atoms with van der Waals surface area (Å²) in [7, 11) is 0. The SMILES string of the molecule is CCCCCCCCCCCC(=O)O[C@H](C)[C@H](C)c1ccccc1C. The highest BCUT2D eigenvalue weighted by atomic mass is 16.5. The molecule has 0 radical (unpaired) electrons. The van der Waals surface area contributed by atoms with Crippen molar-refractivity contribution < 1.29 is 9.53 Å². The lowest BCUT2D eigenvalue weighted by molar-refractivity contribution is -0.149. The number of rotatable bonds is 13. The normalized spacial score (nSPS) is 13.4. The number of unbranched alkanes of at least 4 members (excludes halogenated alkanes) is 8. The van der Waals surface area contributed by atoms with Gasteiger partial charge in [-0.3, -0.25) is 4.79 Å². The van der Waals surface area contributed by atoms with E-state index in [4.69, 9.17) is 4.74 Å². The Balaban J connectivity index is 2.14. The Morgan fingerprint density at radius 3 is 2.08 bits per heavy atom. The Morgan fingerprint density at radius 1 is 0.920 bits per heavy atom. The molecular weight excluding hydrogens is 308 g/mol. The lowest BCUT2D eigenvalue weighted by Crippen LogP contribution is -2.21. The summed E-state index contributed by atoms with van der Waals surface area (Å²) < 4.78 is 5.65. The van der Waals surface area contributed by atoms with Crippen molar-refractivity contribution in [3.8, 4) is 0 Å². The van der Waals surface area contributed by atoms with Crippen molar-refractivity contribution in [2.45, 2.75) is 104 Å². The number of hydrogen-bond donors (Lipinski definition) is 0. The molecule has 2 nitrogen and oxygen atoms in total. The highest BCUT2D eigenvalue weighted by Gasteiger charge is 2.19. The van der Waals surface area contributed by atoms with E-state index in [1.54, 1.807) is 0 Å². The second kappa shape index (κ2) is 13.0. The molecule has 2 atom stereocenters. The fourth-order valence-electron chi connectivity index (χ4n) is 3.30. The van der Waals surface area contributed by atoms with E-state index >= 15 is 0 Å². The van der Waals surface area contributed by atoms with Crippen LogP contribution in [0, 0.1) is 6.92 Å². The number of carbonyl (C=O) groups is 1. The van der Waals surface area contributed by atoms with Gasteiger partial charge in [-0.05, 0) is 31.4 Å². The number of carbonyl (C=O) groups excluding carboxylic acids is 1. The van der Waals surface area contributed by atoms with Gasteiger partial charge in [0.1, 0.15) is 6.10 Å². The zero-order valence-electron chi connectivity index (χ0n) is 16.9. The van der Waals surface area contributed by atoms with Crippen molar-refractivity contribution in [2.24, 2.45) is 0 Å². The number of ether oxygens (including phenoxy) is 1. The van der Waals surface area contributed by atoms with Crippen molar-refractivity contribution in [1.29, 1.82) is 0 Å². The molecule has 0 saturated heterocycles. The molecule has 0 N–H and O–H groups in total. The molecule has 0 heterocycles. The van der Waals surface area contributed by atoms with Crippen LogP contribution in [0.25, 0.3) is 0 Å². The van der Waals surface area contributed by atoms with Crippen LogP contribution in [0.1, 0.15) is 102 Å². The highest BCUT2D eigenvalue weighted by molar-refractivity contribution is 5.69. The van der Waals surface area contributed by atoms with E-state index in [2.05, 4.69) is 39.0 Å². The summed E-state index contributed by atoms with van der Waals surface area (Å²) >= 11 is 0. The summed E-state index contributed by atoms with van der Waals surface area (Å²) in [6.45, 7) is 8.51. The van der Waals surface area contributed by atoms with Crippen LogP contribution in [-0.2, 0) is 9.53 Å². The van der Waals surface area contributed by atoms with Crippen LogP contribution in [0.4, 0.5) is 0 Å². The third kappa shape index (κ3) is 9.09. The van der Waals surface area contributed by atoms with E-state index in [-0.39, 0.29) is 18.0 Å². The number of esters is 1. The van der Waals surface area contributed by atoms with Gasteiger partial charge < -0.3 is 4.74 Å². The fraction of sp³-hybridized carbons (Fsp3) is 0.696. The maximum absolute atomic E-state index is 12.1. The predicted octanol–water partition coefficient (Wildman–Crippen LogP) is 6.95. The smallest absolute Gasteiger partial charge is 0.306 e. The van der Waals surface area contributed by atoms with Gasteiger partial charge in [-0.15, -0.1) is 0 Å². The topological polar surface area (TPSA) is 26.3 Å². The molecule has 0 aromatic heterocycles. The van der Waals surface area contributed by atoms with Gasteiger partial charge >= 0.3 is 5.97 Å². The molecule has 0 fully saturated rings. The molecule has 0 unspecified atom stereocenters. The molecule has 2 heteroatoms. The maximum atomic E-state index is 12.1. The summed E-state index contributed by atoms with van der Waals surface area (Å²) in [5, 5.41) is 0. The summed E-state index contributed by atoms with van der Waals surface area (Å²) in [5.41, 5.74) is 2.53. The molecule has 0 aliphatic rings. The zero-order chi connectivity index (χ0) is 18.5. The first-order valence-electron chi connectivity index (χ1n) is 10.3. The minimum absolute atomic E-state index is 0.0455. The van der Waals surface area contributed by atoms with Crippen molar-refractivity contribution >= 4 is 5.97 Å². The minimum Gasteiger partial charge on any atom is -0.462 e. The maximum Gasteiger partial charge on any atom is 0.306 e. The fourth-order valence-corrected chi connectivity index (χ4v) is 3.30. The summed E-state index contributed by atoms with van der Waals surface area (Å²) in [6.07, 6.45) is 11.9. The standard InChI is InChI=1S/C23H38O2/c1-5-6-7-8-9-10-11-12-13-18-23(24)25-21(4)20(3)22-17-15-14-16-19(22)2/h14-17,20-21H,5-13,18H2,1-4H3/t20-,21+/m0/s1. The van der Waals surface area contributed by atoms with Crippen LogP contribution in [-0.4, -0.2) is 12.1 Å². The molecule has 0 spiro atoms. The molecule has 0 amide bonds. The third-order valence-corrected chi connectivity index (χ3v) is 5.18. The molecule has 1 rings (SSSR count). The molecule has 0 saturated carbocycles. The first-order chi connectivity index (χ1) is 12.1. The van der Waals surface area contributed by atoms with Gasteiger partial charge in [-0.25, -0.2) is 0 Å². The van der Waals surface area contributed by atoms with Crippen molar-refractivity contribution in [2.75, 3.05) is 0 Å². The Labute approximate surface area is 155 Å². The molecular formula is C23H38O2. The predicted molar refractivity (Wildman–Crippen MR) is 107 cm³/mol. The van der Waals surface area contributed by atoms with Crippen molar-refractivity contribution in [3.63, 3.8) is 0 Å². The third-order valence-electron chi connectivity index (χ3n) is 5.18. The molecule has 25 heavy (non-hydrogen) atoms. The van der Waals surface area contributed by atoms with E-state index in [9.17, 15) is 4.79 Å². The van der Waals surface area contributed by atoms with Gasteiger partial charge in [0.2, 0.25) is 0 Å². The molecule has 1 aromatic carbocycles. The van der Waals surface area contributed by atoms with Crippen LogP contribution in [0.2, 0.25) is 0 Å². The lowest BCUT2D eigenvalue weighted by atomic mass is 9.92. The monoisotopic (exact) mass is 346 g/mol. The highest BCUT2D eigenvalue weighted by Crippen LogP contribution is 2.24. The van der Waals surface area contributed by atoms with Crippen LogP contribution in [0.15, 0.2) is 24.3 Å². The average Bonchev–Trinajstić information content (AvgIpc) is 2.60. The summed E-state index contributed by atoms with van der Waals surface area (Å²) in [5.74, 6) is 0.184. The Hall–Kier alpha value is -1.31. The van der Waals surface area contributed by atoms with Crippen molar-refractivity contribution in [1.82, 2.24) is 0 Å². The summed E-state index contributed by atoms with van der Waals surface area (Å²) in [4.78, 5) is 12.1. The quantitative estimate of drug-likeness (QED) is 0.285. The second-order valence-electron chi connectivity index (χ2n) is 7.42. The summed E-state index contributed by atoms with van der Waals surface area (Å²) in [6, 6.07) is 8.34. The van der Waals surface area contributed by atoms with Gasteiger partial charge in [0.05, 0.1) is 0 Å². The van der Waals surface area contributed by atoms with Gasteiger partial charge in [0, 0.05) is 12.3 Å². The Kier molecular flexibility index (Phi) is 11.3. The van der Waals surface area contributed by atoms with E-state index in [0.29, 0.717) is 6.42 Å². The van der Waals surface area contributed by atoms with Gasteiger partial charge in [-0.2, -0.15) is 0 Å². The van der Waals surface area contributed by atoms with E-state index in [0.717, 1.165) is 12.8 Å². The first kappa shape index (κ1) is 21.7. The average molecular weight is 347 g/mol. The van der Waals surface area contributed by atoms with E-state index in [1.807, 2.05) is 13.0 Å². The van der Waals surface area contributed by atoms with Gasteiger partial charge in [0.15, 0.2) is 0 Å². The number of benzene rings is 1. The van der Waals surface area contributed by atoms with Crippen LogP contribution >= 0.6 is 0 Å². The molecule has 0 bridgehead atoms. The molecule has 0 aliphatic carbocycles. The Bertz CT molecular complexity index is 481. The number of hydrogen-bond acceptors (Lipinski definition) is 2.